The van der Waals surface area contributed by atoms with E-state index in [1.165, 1.54) is 11.8 Å². The van der Waals surface area contributed by atoms with Gasteiger partial charge in [-0.25, -0.2) is 0 Å². The molecule has 0 atom stereocenters. The van der Waals surface area contributed by atoms with Crippen LogP contribution in [0.1, 0.15) is 13.8 Å². The van der Waals surface area contributed by atoms with E-state index < -0.39 is 0 Å². The molecule has 0 radical (unpaired) electrons. The van der Waals surface area contributed by atoms with E-state index in [9.17, 15) is 0 Å². The van der Waals surface area contributed by atoms with Crippen molar-refractivity contribution in [1.29, 1.82) is 5.26 Å². The minimum Gasteiger partial charge on any atom is -0.392 e. The van der Waals surface area contributed by atoms with Gasteiger partial charge in [-0.1, -0.05) is 26.1 Å². The van der Waals surface area contributed by atoms with Crippen LogP contribution < -0.4 is 11.5 Å². The van der Waals surface area contributed by atoms with Gasteiger partial charge in [0, 0.05) is 5.25 Å². The van der Waals surface area contributed by atoms with E-state index in [4.69, 9.17) is 16.7 Å². The van der Waals surface area contributed by atoms with Crippen molar-refractivity contribution in [3.05, 3.63) is 10.6 Å². The first-order chi connectivity index (χ1) is 5.49. The van der Waals surface area contributed by atoms with Gasteiger partial charge in [-0.05, 0) is 0 Å². The van der Waals surface area contributed by atoms with Crippen molar-refractivity contribution < 1.29 is 0 Å². The topological polar surface area (TPSA) is 75.8 Å². The van der Waals surface area contributed by atoms with Gasteiger partial charge < -0.3 is 11.5 Å². The summed E-state index contributed by atoms with van der Waals surface area (Å²) in [6.45, 7) is 3.96. The minimum atomic E-state index is 0.0585. The third-order valence-electron chi connectivity index (χ3n) is 0.967. The molecule has 0 aromatic carbocycles. The van der Waals surface area contributed by atoms with Crippen LogP contribution in [0.2, 0.25) is 0 Å². The quantitative estimate of drug-likeness (QED) is 0.406. The molecule has 0 aromatic rings. The van der Waals surface area contributed by atoms with Crippen LogP contribution in [-0.2, 0) is 0 Å². The normalized spacial score (nSPS) is 12.2. The van der Waals surface area contributed by atoms with E-state index in [0.717, 1.165) is 0 Å². The lowest BCUT2D eigenvalue weighted by Crippen LogP contribution is -2.15. The van der Waals surface area contributed by atoms with Crippen LogP contribution >= 0.6 is 24.0 Å². The van der Waals surface area contributed by atoms with E-state index in [1.807, 2.05) is 19.9 Å². The zero-order chi connectivity index (χ0) is 9.72. The molecular formula is C7H11N3S2. The molecule has 0 spiro atoms. The summed E-state index contributed by atoms with van der Waals surface area (Å²) in [5.74, 6) is 0. The first kappa shape index (κ1) is 11.3. The molecule has 66 valence electrons. The Labute approximate surface area is 81.8 Å². The fraction of sp³-hybridized carbons (Fsp3) is 0.429. The summed E-state index contributed by atoms with van der Waals surface area (Å²) in [6, 6.07) is 1.87. The fourth-order valence-corrected chi connectivity index (χ4v) is 1.55. The Kier molecular flexibility index (Phi) is 4.71. The smallest absolute Gasteiger partial charge is 0.117 e. The SMILES string of the molecule is CC(C)S/C(N)=C(/C#N)C(N)=S. The van der Waals surface area contributed by atoms with Crippen LogP contribution in [0.15, 0.2) is 10.6 Å². The molecule has 0 saturated carbocycles. The first-order valence-corrected chi connectivity index (χ1v) is 4.64. The molecule has 0 amide bonds. The maximum absolute atomic E-state index is 8.61. The first-order valence-electron chi connectivity index (χ1n) is 3.35. The van der Waals surface area contributed by atoms with Gasteiger partial charge >= 0.3 is 0 Å². The molecular weight excluding hydrogens is 190 g/mol. The predicted octanol–water partition coefficient (Wildman–Crippen LogP) is 1.11. The van der Waals surface area contributed by atoms with Crippen molar-refractivity contribution in [2.75, 3.05) is 0 Å². The molecule has 0 unspecified atom stereocenters. The lowest BCUT2D eigenvalue weighted by molar-refractivity contribution is 1.11. The van der Waals surface area contributed by atoms with Crippen molar-refractivity contribution in [1.82, 2.24) is 0 Å². The Bertz CT molecular complexity index is 250. The molecule has 0 aliphatic heterocycles. The summed E-state index contributed by atoms with van der Waals surface area (Å²) in [5, 5.41) is 9.34. The van der Waals surface area contributed by atoms with Crippen molar-refractivity contribution in [2.24, 2.45) is 11.5 Å². The summed E-state index contributed by atoms with van der Waals surface area (Å²) in [4.78, 5) is 0.0585. The third-order valence-corrected chi connectivity index (χ3v) is 2.10. The Morgan fingerprint density at radius 1 is 1.50 bits per heavy atom. The van der Waals surface area contributed by atoms with E-state index >= 15 is 0 Å². The van der Waals surface area contributed by atoms with Crippen molar-refractivity contribution in [3.63, 3.8) is 0 Å². The van der Waals surface area contributed by atoms with Gasteiger partial charge in [-0.2, -0.15) is 5.26 Å². The molecule has 4 N–H and O–H groups in total. The van der Waals surface area contributed by atoms with E-state index in [2.05, 4.69) is 12.2 Å². The molecule has 0 bridgehead atoms. The standard InChI is InChI=1S/C7H11N3S2/c1-4(2)12-7(10)5(3-8)6(9)11/h4H,10H2,1-2H3,(H2,9,11)/b7-5-. The second-order valence-electron chi connectivity index (χ2n) is 2.38. The maximum Gasteiger partial charge on any atom is 0.117 e. The Morgan fingerprint density at radius 3 is 2.25 bits per heavy atom. The van der Waals surface area contributed by atoms with Crippen LogP contribution in [0.4, 0.5) is 0 Å². The highest BCUT2D eigenvalue weighted by atomic mass is 32.2. The predicted molar refractivity (Wildman–Crippen MR) is 56.3 cm³/mol. The van der Waals surface area contributed by atoms with Crippen LogP contribution in [0, 0.1) is 11.3 Å². The highest BCUT2D eigenvalue weighted by molar-refractivity contribution is 8.03. The number of thiocarbonyl (C=S) groups is 1. The Balaban J connectivity index is 4.64. The molecule has 0 rings (SSSR count). The largest absolute Gasteiger partial charge is 0.392 e. The average molecular weight is 201 g/mol. The zero-order valence-corrected chi connectivity index (χ0v) is 8.63. The lowest BCUT2D eigenvalue weighted by atomic mass is 10.3. The number of hydrogen-bond donors (Lipinski definition) is 2. The van der Waals surface area contributed by atoms with Crippen molar-refractivity contribution >= 4 is 29.0 Å². The molecule has 0 aliphatic rings. The van der Waals surface area contributed by atoms with Gasteiger partial charge in [0.2, 0.25) is 0 Å². The number of hydrogen-bond acceptors (Lipinski definition) is 4. The van der Waals surface area contributed by atoms with Crippen LogP contribution in [0.25, 0.3) is 0 Å². The number of nitriles is 1. The average Bonchev–Trinajstić information content (AvgIpc) is 1.85. The second-order valence-corrected chi connectivity index (χ2v) is 4.44. The Hall–Kier alpha value is -0.730. The van der Waals surface area contributed by atoms with Gasteiger partial charge in [0.05, 0.1) is 5.03 Å². The Morgan fingerprint density at radius 2 is 2.00 bits per heavy atom. The number of rotatable bonds is 3. The van der Waals surface area contributed by atoms with Crippen LogP contribution in [-0.4, -0.2) is 10.2 Å². The van der Waals surface area contributed by atoms with Gasteiger partial charge in [-0.15, -0.1) is 11.8 Å². The maximum atomic E-state index is 8.61. The van der Waals surface area contributed by atoms with Crippen molar-refractivity contribution in [2.45, 2.75) is 19.1 Å². The highest BCUT2D eigenvalue weighted by Crippen LogP contribution is 2.19. The molecule has 0 fully saturated rings. The number of thioether (sulfide) groups is 1. The monoisotopic (exact) mass is 201 g/mol. The summed E-state index contributed by atoms with van der Waals surface area (Å²) < 4.78 is 0. The van der Waals surface area contributed by atoms with Gasteiger partial charge in [0.15, 0.2) is 0 Å². The van der Waals surface area contributed by atoms with E-state index in [0.29, 0.717) is 10.3 Å². The summed E-state index contributed by atoms with van der Waals surface area (Å²) in [7, 11) is 0. The lowest BCUT2D eigenvalue weighted by Gasteiger charge is -2.05. The molecule has 5 heteroatoms. The third kappa shape index (κ3) is 3.60. The van der Waals surface area contributed by atoms with Crippen LogP contribution in [0.5, 0.6) is 0 Å². The summed E-state index contributed by atoms with van der Waals surface area (Å²) in [6.07, 6.45) is 0. The molecule has 0 aromatic heterocycles. The summed E-state index contributed by atoms with van der Waals surface area (Å²) >= 11 is 6.03. The molecule has 0 saturated heterocycles. The molecule has 0 heterocycles. The zero-order valence-electron chi connectivity index (χ0n) is 7.00. The number of nitrogens with two attached hydrogens (primary N) is 2. The second kappa shape index (κ2) is 5.01. The van der Waals surface area contributed by atoms with E-state index in [1.54, 1.807) is 0 Å². The van der Waals surface area contributed by atoms with Gasteiger partial charge in [-0.3, -0.25) is 0 Å². The molecule has 0 aliphatic carbocycles. The highest BCUT2D eigenvalue weighted by Gasteiger charge is 2.07. The van der Waals surface area contributed by atoms with Crippen LogP contribution in [0.3, 0.4) is 0 Å². The molecule has 12 heavy (non-hydrogen) atoms. The van der Waals surface area contributed by atoms with Gasteiger partial charge in [0.1, 0.15) is 16.6 Å². The fourth-order valence-electron chi connectivity index (χ4n) is 0.544. The number of nitrogens with zero attached hydrogens (tertiary/aromatic N) is 1. The minimum absolute atomic E-state index is 0.0585. The molecule has 3 nitrogen and oxygen atoms in total. The van der Waals surface area contributed by atoms with E-state index in [-0.39, 0.29) is 10.6 Å². The van der Waals surface area contributed by atoms with Crippen molar-refractivity contribution in [3.8, 4) is 6.07 Å². The van der Waals surface area contributed by atoms with Gasteiger partial charge in [0.25, 0.3) is 0 Å². The summed E-state index contributed by atoms with van der Waals surface area (Å²) in [5.41, 5.74) is 11.1.